The summed E-state index contributed by atoms with van der Waals surface area (Å²) in [6.45, 7) is 3.52. The lowest BCUT2D eigenvalue weighted by Gasteiger charge is -2.35. The van der Waals surface area contributed by atoms with Gasteiger partial charge in [-0.05, 0) is 44.3 Å². The van der Waals surface area contributed by atoms with Crippen molar-refractivity contribution < 1.29 is 9.59 Å². The number of hydrogen-bond acceptors (Lipinski definition) is 4. The Kier molecular flexibility index (Phi) is 5.94. The number of rotatable bonds is 5. The number of nitrogens with one attached hydrogen (secondary N) is 1. The SMILES string of the molecule is NC(=O)C1CCN(CC(=O)N2CCC(c3[nH]ncc3-c3ccccc3)CC2)CC1. The second kappa shape index (κ2) is 8.78. The molecule has 2 aliphatic heterocycles. The Morgan fingerprint density at radius 1 is 1.03 bits per heavy atom. The van der Waals surface area contributed by atoms with E-state index in [4.69, 9.17) is 5.73 Å². The summed E-state index contributed by atoms with van der Waals surface area (Å²) in [6.07, 6.45) is 5.30. The molecular formula is C22H29N5O2. The van der Waals surface area contributed by atoms with Crippen LogP contribution in [0.25, 0.3) is 11.1 Å². The molecule has 2 fully saturated rings. The highest BCUT2D eigenvalue weighted by atomic mass is 16.2. The molecule has 1 aromatic carbocycles. The molecule has 0 aliphatic carbocycles. The van der Waals surface area contributed by atoms with Gasteiger partial charge < -0.3 is 10.6 Å². The lowest BCUT2D eigenvalue weighted by Crippen LogP contribution is -2.46. The number of nitrogens with zero attached hydrogens (tertiary/aromatic N) is 3. The molecule has 4 rings (SSSR count). The molecule has 2 saturated heterocycles. The van der Waals surface area contributed by atoms with Gasteiger partial charge in [-0.3, -0.25) is 19.6 Å². The van der Waals surface area contributed by atoms with E-state index in [2.05, 4.69) is 27.2 Å². The third-order valence-electron chi connectivity index (χ3n) is 6.36. The fourth-order valence-electron chi connectivity index (χ4n) is 4.54. The highest BCUT2D eigenvalue weighted by Gasteiger charge is 2.29. The van der Waals surface area contributed by atoms with Crippen LogP contribution in [0.5, 0.6) is 0 Å². The number of nitrogens with two attached hydrogens (primary N) is 1. The number of benzene rings is 1. The van der Waals surface area contributed by atoms with Gasteiger partial charge in [-0.1, -0.05) is 30.3 Å². The van der Waals surface area contributed by atoms with Crippen molar-refractivity contribution in [2.24, 2.45) is 11.7 Å². The molecule has 7 nitrogen and oxygen atoms in total. The average Bonchev–Trinajstić information content (AvgIpc) is 3.25. The van der Waals surface area contributed by atoms with Gasteiger partial charge in [-0.15, -0.1) is 0 Å². The molecule has 2 aliphatic rings. The Bertz CT molecular complexity index is 834. The molecule has 0 saturated carbocycles. The van der Waals surface area contributed by atoms with E-state index in [9.17, 15) is 9.59 Å². The number of aromatic amines is 1. The van der Waals surface area contributed by atoms with Crippen LogP contribution in [0, 0.1) is 5.92 Å². The highest BCUT2D eigenvalue weighted by Crippen LogP contribution is 2.33. The van der Waals surface area contributed by atoms with Crippen molar-refractivity contribution in [3.63, 3.8) is 0 Å². The number of piperidine rings is 2. The minimum Gasteiger partial charge on any atom is -0.369 e. The first kappa shape index (κ1) is 19.6. The zero-order chi connectivity index (χ0) is 20.2. The molecule has 0 unspecified atom stereocenters. The van der Waals surface area contributed by atoms with E-state index in [1.807, 2.05) is 29.3 Å². The van der Waals surface area contributed by atoms with Gasteiger partial charge in [0.05, 0.1) is 12.7 Å². The van der Waals surface area contributed by atoms with Crippen LogP contribution in [0.3, 0.4) is 0 Å². The van der Waals surface area contributed by atoms with Crippen molar-refractivity contribution in [1.82, 2.24) is 20.0 Å². The molecular weight excluding hydrogens is 366 g/mol. The smallest absolute Gasteiger partial charge is 0.236 e. The number of carbonyl (C=O) groups excluding carboxylic acids is 2. The predicted molar refractivity (Wildman–Crippen MR) is 111 cm³/mol. The predicted octanol–water partition coefficient (Wildman–Crippen LogP) is 1.98. The first-order chi connectivity index (χ1) is 14.1. The van der Waals surface area contributed by atoms with E-state index >= 15 is 0 Å². The first-order valence-corrected chi connectivity index (χ1v) is 10.5. The molecule has 29 heavy (non-hydrogen) atoms. The van der Waals surface area contributed by atoms with Gasteiger partial charge in [0.25, 0.3) is 0 Å². The lowest BCUT2D eigenvalue weighted by atomic mass is 9.89. The second-order valence-corrected chi connectivity index (χ2v) is 8.17. The van der Waals surface area contributed by atoms with Crippen LogP contribution in [0.4, 0.5) is 0 Å². The molecule has 2 aromatic rings. The summed E-state index contributed by atoms with van der Waals surface area (Å²) in [5.41, 5.74) is 8.90. The number of amides is 2. The maximum absolute atomic E-state index is 12.7. The van der Waals surface area contributed by atoms with Crippen molar-refractivity contribution in [2.75, 3.05) is 32.7 Å². The number of aromatic nitrogens is 2. The number of likely N-dealkylation sites (tertiary alicyclic amines) is 2. The van der Waals surface area contributed by atoms with Crippen molar-refractivity contribution in [3.8, 4) is 11.1 Å². The molecule has 0 atom stereocenters. The first-order valence-electron chi connectivity index (χ1n) is 10.5. The van der Waals surface area contributed by atoms with Gasteiger partial charge in [0.2, 0.25) is 11.8 Å². The normalized spacial score (nSPS) is 19.4. The number of H-pyrrole nitrogens is 1. The van der Waals surface area contributed by atoms with Crippen LogP contribution >= 0.6 is 0 Å². The molecule has 2 amide bonds. The third kappa shape index (κ3) is 4.50. The molecule has 154 valence electrons. The van der Waals surface area contributed by atoms with Gasteiger partial charge in [-0.25, -0.2) is 0 Å². The summed E-state index contributed by atoms with van der Waals surface area (Å²) in [6, 6.07) is 10.3. The van der Waals surface area contributed by atoms with E-state index in [-0.39, 0.29) is 17.7 Å². The van der Waals surface area contributed by atoms with Crippen LogP contribution in [0.1, 0.15) is 37.3 Å². The fraction of sp³-hybridized carbons (Fsp3) is 0.500. The molecule has 3 N–H and O–H groups in total. The van der Waals surface area contributed by atoms with Gasteiger partial charge >= 0.3 is 0 Å². The van der Waals surface area contributed by atoms with Crippen LogP contribution in [0.2, 0.25) is 0 Å². The maximum Gasteiger partial charge on any atom is 0.236 e. The Morgan fingerprint density at radius 3 is 2.38 bits per heavy atom. The van der Waals surface area contributed by atoms with E-state index in [0.29, 0.717) is 12.5 Å². The van der Waals surface area contributed by atoms with Gasteiger partial charge in [0.1, 0.15) is 0 Å². The van der Waals surface area contributed by atoms with Crippen LogP contribution < -0.4 is 5.73 Å². The largest absolute Gasteiger partial charge is 0.369 e. The fourth-order valence-corrected chi connectivity index (χ4v) is 4.54. The van der Waals surface area contributed by atoms with Crippen LogP contribution in [-0.2, 0) is 9.59 Å². The second-order valence-electron chi connectivity index (χ2n) is 8.17. The Balaban J connectivity index is 1.30. The van der Waals surface area contributed by atoms with Crippen molar-refractivity contribution in [2.45, 2.75) is 31.6 Å². The van der Waals surface area contributed by atoms with Crippen molar-refractivity contribution in [3.05, 3.63) is 42.2 Å². The molecule has 0 spiro atoms. The Hall–Kier alpha value is -2.67. The summed E-state index contributed by atoms with van der Waals surface area (Å²) < 4.78 is 0. The lowest BCUT2D eigenvalue weighted by molar-refractivity contribution is -0.134. The van der Waals surface area contributed by atoms with E-state index in [1.165, 1.54) is 11.3 Å². The third-order valence-corrected chi connectivity index (χ3v) is 6.36. The summed E-state index contributed by atoms with van der Waals surface area (Å²) in [4.78, 5) is 28.2. The summed E-state index contributed by atoms with van der Waals surface area (Å²) >= 11 is 0. The van der Waals surface area contributed by atoms with Gasteiger partial charge in [-0.2, -0.15) is 5.10 Å². The van der Waals surface area contributed by atoms with E-state index in [0.717, 1.165) is 57.4 Å². The number of carbonyl (C=O) groups is 2. The quantitative estimate of drug-likeness (QED) is 0.809. The molecule has 7 heteroatoms. The molecule has 3 heterocycles. The van der Waals surface area contributed by atoms with Crippen LogP contribution in [0.15, 0.2) is 36.5 Å². The zero-order valence-electron chi connectivity index (χ0n) is 16.7. The highest BCUT2D eigenvalue weighted by molar-refractivity contribution is 5.79. The van der Waals surface area contributed by atoms with Crippen LogP contribution in [-0.4, -0.2) is 64.5 Å². The monoisotopic (exact) mass is 395 g/mol. The number of hydrogen-bond donors (Lipinski definition) is 2. The van der Waals surface area contributed by atoms with Crippen molar-refractivity contribution in [1.29, 1.82) is 0 Å². The number of primary amides is 1. The summed E-state index contributed by atoms with van der Waals surface area (Å²) in [5, 5.41) is 7.48. The minimum atomic E-state index is -0.216. The Labute approximate surface area is 171 Å². The van der Waals surface area contributed by atoms with Crippen molar-refractivity contribution >= 4 is 11.8 Å². The Morgan fingerprint density at radius 2 is 1.72 bits per heavy atom. The average molecular weight is 396 g/mol. The van der Waals surface area contributed by atoms with Gasteiger partial charge in [0, 0.05) is 36.2 Å². The topological polar surface area (TPSA) is 95.3 Å². The molecule has 0 radical (unpaired) electrons. The standard InChI is InChI=1S/C22H29N5O2/c23-22(29)18-6-10-26(11-7-18)15-20(28)27-12-8-17(9-13-27)21-19(14-24-25-21)16-4-2-1-3-5-16/h1-5,14,17-18H,6-13,15H2,(H2,23,29)(H,24,25). The molecule has 1 aromatic heterocycles. The van der Waals surface area contributed by atoms with E-state index in [1.54, 1.807) is 0 Å². The van der Waals surface area contributed by atoms with E-state index < -0.39 is 0 Å². The van der Waals surface area contributed by atoms with Gasteiger partial charge in [0.15, 0.2) is 0 Å². The maximum atomic E-state index is 12.7. The summed E-state index contributed by atoms with van der Waals surface area (Å²) in [7, 11) is 0. The molecule has 0 bridgehead atoms. The zero-order valence-corrected chi connectivity index (χ0v) is 16.7. The minimum absolute atomic E-state index is 0.0367. The summed E-state index contributed by atoms with van der Waals surface area (Å²) in [5.74, 6) is 0.328.